The summed E-state index contributed by atoms with van der Waals surface area (Å²) < 4.78 is 0. The molecular formula is C8H8ClNO3. The molecule has 0 bridgehead atoms. The Morgan fingerprint density at radius 1 is 1.54 bits per heavy atom. The van der Waals surface area contributed by atoms with Crippen LogP contribution < -0.4 is 5.32 Å². The highest BCUT2D eigenvalue weighted by atomic mass is 35.5. The molecule has 0 fully saturated rings. The average Bonchev–Trinajstić information content (AvgIpc) is 2.07. The van der Waals surface area contributed by atoms with Gasteiger partial charge >= 0.3 is 5.97 Å². The summed E-state index contributed by atoms with van der Waals surface area (Å²) in [6.07, 6.45) is 0. The third-order valence-corrected chi connectivity index (χ3v) is 1.81. The SMILES string of the molecule is O=C(O)CNc1cccc(O)c1Cl. The fourth-order valence-corrected chi connectivity index (χ4v) is 1.02. The number of aliphatic carboxylic acids is 1. The predicted octanol–water partition coefficient (Wildman–Crippen LogP) is 1.54. The first-order chi connectivity index (χ1) is 6.11. The molecule has 0 atom stereocenters. The summed E-state index contributed by atoms with van der Waals surface area (Å²) in [6.45, 7) is -0.233. The summed E-state index contributed by atoms with van der Waals surface area (Å²) in [4.78, 5) is 10.2. The van der Waals surface area contributed by atoms with Crippen molar-refractivity contribution < 1.29 is 15.0 Å². The van der Waals surface area contributed by atoms with Crippen molar-refractivity contribution in [3.05, 3.63) is 23.2 Å². The van der Waals surface area contributed by atoms with E-state index in [-0.39, 0.29) is 17.3 Å². The molecule has 4 nitrogen and oxygen atoms in total. The number of anilines is 1. The number of carbonyl (C=O) groups is 1. The Morgan fingerprint density at radius 2 is 2.23 bits per heavy atom. The van der Waals surface area contributed by atoms with Crippen LogP contribution in [0.4, 0.5) is 5.69 Å². The molecule has 1 aromatic carbocycles. The Labute approximate surface area is 79.8 Å². The van der Waals surface area contributed by atoms with Crippen LogP contribution in [0.2, 0.25) is 5.02 Å². The Balaban J connectivity index is 2.77. The number of rotatable bonds is 3. The van der Waals surface area contributed by atoms with Crippen LogP contribution in [-0.4, -0.2) is 22.7 Å². The highest BCUT2D eigenvalue weighted by molar-refractivity contribution is 6.34. The molecule has 5 heteroatoms. The van der Waals surface area contributed by atoms with E-state index in [9.17, 15) is 4.79 Å². The van der Waals surface area contributed by atoms with Crippen LogP contribution in [-0.2, 0) is 4.79 Å². The minimum atomic E-state index is -0.987. The van der Waals surface area contributed by atoms with E-state index in [0.29, 0.717) is 5.69 Å². The maximum Gasteiger partial charge on any atom is 0.322 e. The first kappa shape index (κ1) is 9.67. The van der Waals surface area contributed by atoms with Crippen LogP contribution in [0.25, 0.3) is 0 Å². The number of phenols is 1. The van der Waals surface area contributed by atoms with Gasteiger partial charge in [-0.05, 0) is 12.1 Å². The molecule has 0 aliphatic rings. The smallest absolute Gasteiger partial charge is 0.322 e. The van der Waals surface area contributed by atoms with Gasteiger partial charge in [-0.15, -0.1) is 0 Å². The largest absolute Gasteiger partial charge is 0.506 e. The van der Waals surface area contributed by atoms with Crippen molar-refractivity contribution in [3.8, 4) is 5.75 Å². The number of benzene rings is 1. The summed E-state index contributed by atoms with van der Waals surface area (Å²) in [5, 5.41) is 20.2. The Morgan fingerprint density at radius 3 is 2.85 bits per heavy atom. The highest BCUT2D eigenvalue weighted by Gasteiger charge is 2.04. The van der Waals surface area contributed by atoms with E-state index in [1.807, 2.05) is 0 Å². The molecule has 1 aromatic rings. The third-order valence-electron chi connectivity index (χ3n) is 1.41. The summed E-state index contributed by atoms with van der Waals surface area (Å²) in [6, 6.07) is 4.59. The molecule has 13 heavy (non-hydrogen) atoms. The van der Waals surface area contributed by atoms with Gasteiger partial charge in [-0.3, -0.25) is 4.79 Å². The lowest BCUT2D eigenvalue weighted by atomic mass is 10.3. The lowest BCUT2D eigenvalue weighted by molar-refractivity contribution is -0.134. The van der Waals surface area contributed by atoms with Crippen molar-refractivity contribution in [3.63, 3.8) is 0 Å². The van der Waals surface area contributed by atoms with Crippen LogP contribution in [0.1, 0.15) is 0 Å². The van der Waals surface area contributed by atoms with Gasteiger partial charge in [-0.1, -0.05) is 17.7 Å². The van der Waals surface area contributed by atoms with Crippen LogP contribution >= 0.6 is 11.6 Å². The van der Waals surface area contributed by atoms with Crippen molar-refractivity contribution in [2.75, 3.05) is 11.9 Å². The Bertz CT molecular complexity index is 327. The normalized spacial score (nSPS) is 9.62. The maximum atomic E-state index is 10.2. The van der Waals surface area contributed by atoms with Crippen LogP contribution in [0.3, 0.4) is 0 Å². The van der Waals surface area contributed by atoms with Gasteiger partial charge in [0, 0.05) is 0 Å². The second kappa shape index (κ2) is 4.00. The molecule has 3 N–H and O–H groups in total. The molecular weight excluding hydrogens is 194 g/mol. The number of aromatic hydroxyl groups is 1. The molecule has 70 valence electrons. The minimum absolute atomic E-state index is 0.0722. The zero-order chi connectivity index (χ0) is 9.84. The van der Waals surface area contributed by atoms with E-state index in [4.69, 9.17) is 21.8 Å². The number of carboxylic acids is 1. The van der Waals surface area contributed by atoms with E-state index in [0.717, 1.165) is 0 Å². The van der Waals surface area contributed by atoms with Gasteiger partial charge in [0.25, 0.3) is 0 Å². The van der Waals surface area contributed by atoms with Crippen molar-refractivity contribution in [2.24, 2.45) is 0 Å². The fraction of sp³-hybridized carbons (Fsp3) is 0.125. The van der Waals surface area contributed by atoms with Crippen molar-refractivity contribution in [1.82, 2.24) is 0 Å². The average molecular weight is 202 g/mol. The zero-order valence-corrected chi connectivity index (χ0v) is 7.38. The monoisotopic (exact) mass is 201 g/mol. The first-order valence-corrected chi connectivity index (χ1v) is 3.92. The number of halogens is 1. The fourth-order valence-electron chi connectivity index (χ4n) is 0.827. The minimum Gasteiger partial charge on any atom is -0.506 e. The van der Waals surface area contributed by atoms with E-state index in [1.54, 1.807) is 12.1 Å². The van der Waals surface area contributed by atoms with Crippen molar-refractivity contribution in [2.45, 2.75) is 0 Å². The second-order valence-corrected chi connectivity index (χ2v) is 2.76. The number of hydrogen-bond acceptors (Lipinski definition) is 3. The first-order valence-electron chi connectivity index (χ1n) is 3.54. The van der Waals surface area contributed by atoms with Gasteiger partial charge in [0.05, 0.1) is 5.69 Å². The van der Waals surface area contributed by atoms with Crippen molar-refractivity contribution in [1.29, 1.82) is 0 Å². The molecule has 0 unspecified atom stereocenters. The Kier molecular flexibility index (Phi) is 2.97. The highest BCUT2D eigenvalue weighted by Crippen LogP contribution is 2.30. The molecule has 0 radical (unpaired) electrons. The standard InChI is InChI=1S/C8H8ClNO3/c9-8-5(10-4-7(12)13)2-1-3-6(8)11/h1-3,10-11H,4H2,(H,12,13). The van der Waals surface area contributed by atoms with Crippen LogP contribution in [0, 0.1) is 0 Å². The van der Waals surface area contributed by atoms with Crippen LogP contribution in [0.5, 0.6) is 5.75 Å². The molecule has 0 aliphatic heterocycles. The van der Waals surface area contributed by atoms with E-state index in [1.165, 1.54) is 6.07 Å². The molecule has 0 spiro atoms. The summed E-state index contributed by atoms with van der Waals surface area (Å²) in [5.74, 6) is -1.06. The van der Waals surface area contributed by atoms with Gasteiger partial charge in [0.2, 0.25) is 0 Å². The van der Waals surface area contributed by atoms with Crippen LogP contribution in [0.15, 0.2) is 18.2 Å². The topological polar surface area (TPSA) is 69.6 Å². The third kappa shape index (κ3) is 2.52. The van der Waals surface area contributed by atoms with Gasteiger partial charge in [-0.2, -0.15) is 0 Å². The summed E-state index contributed by atoms with van der Waals surface area (Å²) in [5.41, 5.74) is 0.407. The Hall–Kier alpha value is -1.42. The molecule has 0 amide bonds. The number of phenolic OH excluding ortho intramolecular Hbond substituents is 1. The number of carboxylic acid groups (broad SMARTS) is 1. The molecule has 0 heterocycles. The van der Waals surface area contributed by atoms with Gasteiger partial charge < -0.3 is 15.5 Å². The quantitative estimate of drug-likeness (QED) is 0.694. The second-order valence-electron chi connectivity index (χ2n) is 2.39. The molecule has 1 rings (SSSR count). The zero-order valence-electron chi connectivity index (χ0n) is 6.62. The number of nitrogens with one attached hydrogen (secondary N) is 1. The maximum absolute atomic E-state index is 10.2. The molecule has 0 aliphatic carbocycles. The van der Waals surface area contributed by atoms with E-state index < -0.39 is 5.97 Å². The molecule has 0 saturated carbocycles. The van der Waals surface area contributed by atoms with Gasteiger partial charge in [-0.25, -0.2) is 0 Å². The number of hydrogen-bond donors (Lipinski definition) is 3. The van der Waals surface area contributed by atoms with E-state index in [2.05, 4.69) is 5.32 Å². The van der Waals surface area contributed by atoms with Crippen molar-refractivity contribution >= 4 is 23.3 Å². The molecule has 0 saturated heterocycles. The summed E-state index contributed by atoms with van der Waals surface area (Å²) >= 11 is 5.67. The van der Waals surface area contributed by atoms with Gasteiger partial charge in [0.15, 0.2) is 0 Å². The predicted molar refractivity (Wildman–Crippen MR) is 49.2 cm³/mol. The van der Waals surface area contributed by atoms with Gasteiger partial charge in [0.1, 0.15) is 17.3 Å². The molecule has 0 aromatic heterocycles. The lowest BCUT2D eigenvalue weighted by Crippen LogP contribution is -2.12. The van der Waals surface area contributed by atoms with E-state index >= 15 is 0 Å². The summed E-state index contributed by atoms with van der Waals surface area (Å²) in [7, 11) is 0. The lowest BCUT2D eigenvalue weighted by Gasteiger charge is -2.06.